The summed E-state index contributed by atoms with van der Waals surface area (Å²) in [5.74, 6) is 1.39. The van der Waals surface area contributed by atoms with Gasteiger partial charge in [0.25, 0.3) is 5.91 Å². The first-order valence-corrected chi connectivity index (χ1v) is 8.43. The van der Waals surface area contributed by atoms with Crippen LogP contribution in [0.3, 0.4) is 0 Å². The zero-order chi connectivity index (χ0) is 17.9. The Labute approximate surface area is 148 Å². The van der Waals surface area contributed by atoms with Gasteiger partial charge in [0.15, 0.2) is 6.61 Å². The number of hydrogen-bond donors (Lipinski definition) is 1. The smallest absolute Gasteiger partial charge is 0.263 e. The van der Waals surface area contributed by atoms with Crippen LogP contribution in [0.5, 0.6) is 5.75 Å². The fourth-order valence-electron chi connectivity index (χ4n) is 2.39. The van der Waals surface area contributed by atoms with E-state index in [-0.39, 0.29) is 24.5 Å². The topological polar surface area (TPSA) is 56.1 Å². The third-order valence-electron chi connectivity index (χ3n) is 3.70. The van der Waals surface area contributed by atoms with Crippen LogP contribution in [0.25, 0.3) is 0 Å². The van der Waals surface area contributed by atoms with Gasteiger partial charge in [-0.25, -0.2) is 4.68 Å². The molecule has 0 spiro atoms. The maximum absolute atomic E-state index is 12.2. The Balaban J connectivity index is 2.06. The van der Waals surface area contributed by atoms with Crippen LogP contribution >= 0.6 is 11.6 Å². The largest absolute Gasteiger partial charge is 0.483 e. The van der Waals surface area contributed by atoms with Gasteiger partial charge in [0.1, 0.15) is 11.6 Å². The van der Waals surface area contributed by atoms with Crippen molar-refractivity contribution < 1.29 is 9.53 Å². The summed E-state index contributed by atoms with van der Waals surface area (Å²) in [7, 11) is 0. The van der Waals surface area contributed by atoms with E-state index in [0.29, 0.717) is 16.6 Å². The number of nitrogens with one attached hydrogen (secondary N) is 1. The third-order valence-corrected chi connectivity index (χ3v) is 4.11. The van der Waals surface area contributed by atoms with E-state index in [0.717, 1.165) is 11.1 Å². The molecule has 0 aliphatic rings. The molecular formula is C18H24ClN3O2. The second-order valence-electron chi connectivity index (χ2n) is 6.39. The summed E-state index contributed by atoms with van der Waals surface area (Å²) < 4.78 is 7.50. The molecule has 0 unspecified atom stereocenters. The van der Waals surface area contributed by atoms with Crippen molar-refractivity contribution in [2.75, 3.05) is 11.9 Å². The number of hydrogen-bond acceptors (Lipinski definition) is 3. The van der Waals surface area contributed by atoms with Crippen molar-refractivity contribution in [3.63, 3.8) is 0 Å². The van der Waals surface area contributed by atoms with Gasteiger partial charge in [-0.05, 0) is 49.9 Å². The van der Waals surface area contributed by atoms with Crippen LogP contribution in [-0.4, -0.2) is 22.3 Å². The lowest BCUT2D eigenvalue weighted by Crippen LogP contribution is -2.23. The normalized spacial score (nSPS) is 11.2. The van der Waals surface area contributed by atoms with Gasteiger partial charge in [0.05, 0.1) is 6.20 Å². The molecule has 24 heavy (non-hydrogen) atoms. The Morgan fingerprint density at radius 3 is 2.67 bits per heavy atom. The lowest BCUT2D eigenvalue weighted by molar-refractivity contribution is -0.118. The van der Waals surface area contributed by atoms with Gasteiger partial charge in [-0.3, -0.25) is 4.79 Å². The molecule has 2 aromatic rings. The SMILES string of the molecule is Cc1cc(OCC(=O)Nc2ccnn2C(C)C)c(C(C)C)cc1Cl. The molecule has 1 heterocycles. The number of nitrogens with zero attached hydrogens (tertiary/aromatic N) is 2. The summed E-state index contributed by atoms with van der Waals surface area (Å²) in [6, 6.07) is 5.72. The number of anilines is 1. The Morgan fingerprint density at radius 2 is 2.04 bits per heavy atom. The van der Waals surface area contributed by atoms with Gasteiger partial charge >= 0.3 is 0 Å². The first-order chi connectivity index (χ1) is 11.3. The maximum Gasteiger partial charge on any atom is 0.263 e. The van der Waals surface area contributed by atoms with E-state index in [4.69, 9.17) is 16.3 Å². The number of halogens is 1. The maximum atomic E-state index is 12.2. The highest BCUT2D eigenvalue weighted by Crippen LogP contribution is 2.32. The lowest BCUT2D eigenvalue weighted by Gasteiger charge is -2.16. The van der Waals surface area contributed by atoms with Crippen molar-refractivity contribution in [1.82, 2.24) is 9.78 Å². The molecule has 2 rings (SSSR count). The van der Waals surface area contributed by atoms with E-state index in [1.54, 1.807) is 16.9 Å². The van der Waals surface area contributed by atoms with E-state index in [1.807, 2.05) is 32.9 Å². The molecule has 6 heteroatoms. The van der Waals surface area contributed by atoms with Crippen molar-refractivity contribution >= 4 is 23.3 Å². The number of benzene rings is 1. The van der Waals surface area contributed by atoms with E-state index >= 15 is 0 Å². The minimum Gasteiger partial charge on any atom is -0.483 e. The van der Waals surface area contributed by atoms with Gasteiger partial charge in [0.2, 0.25) is 0 Å². The van der Waals surface area contributed by atoms with Crippen molar-refractivity contribution in [2.24, 2.45) is 0 Å². The molecule has 0 radical (unpaired) electrons. The number of ether oxygens (including phenoxy) is 1. The molecule has 1 aromatic carbocycles. The summed E-state index contributed by atoms with van der Waals surface area (Å²) in [6.07, 6.45) is 1.66. The highest BCUT2D eigenvalue weighted by molar-refractivity contribution is 6.31. The van der Waals surface area contributed by atoms with Crippen LogP contribution in [0.1, 0.15) is 50.8 Å². The Hall–Kier alpha value is -2.01. The number of carbonyl (C=O) groups excluding carboxylic acids is 1. The molecule has 1 N–H and O–H groups in total. The molecular weight excluding hydrogens is 326 g/mol. The van der Waals surface area contributed by atoms with Crippen molar-refractivity contribution in [2.45, 2.75) is 46.6 Å². The average Bonchev–Trinajstić information content (AvgIpc) is 2.96. The predicted octanol–water partition coefficient (Wildman–Crippen LogP) is 4.57. The standard InChI is InChI=1S/C18H24ClN3O2/c1-11(2)14-9-15(19)13(5)8-16(14)24-10-18(23)21-17-6-7-20-22(17)12(3)4/h6-9,11-12H,10H2,1-5H3,(H,21,23). The summed E-state index contributed by atoms with van der Waals surface area (Å²) in [4.78, 5) is 12.2. The van der Waals surface area contributed by atoms with Gasteiger partial charge < -0.3 is 10.1 Å². The first kappa shape index (κ1) is 18.3. The molecule has 1 amide bonds. The average molecular weight is 350 g/mol. The lowest BCUT2D eigenvalue weighted by atomic mass is 10.0. The zero-order valence-electron chi connectivity index (χ0n) is 14.8. The van der Waals surface area contributed by atoms with Crippen molar-refractivity contribution in [1.29, 1.82) is 0 Å². The van der Waals surface area contributed by atoms with Gasteiger partial charge in [-0.2, -0.15) is 5.10 Å². The minimum absolute atomic E-state index is 0.0654. The Kier molecular flexibility index (Phi) is 5.89. The van der Waals surface area contributed by atoms with Crippen LogP contribution < -0.4 is 10.1 Å². The van der Waals surface area contributed by atoms with Crippen molar-refractivity contribution in [3.8, 4) is 5.75 Å². The molecule has 0 fully saturated rings. The number of aryl methyl sites for hydroxylation is 1. The second kappa shape index (κ2) is 7.71. The molecule has 5 nitrogen and oxygen atoms in total. The molecule has 0 aliphatic heterocycles. The molecule has 1 aromatic heterocycles. The van der Waals surface area contributed by atoms with Gasteiger partial charge in [-0.1, -0.05) is 25.4 Å². The van der Waals surface area contributed by atoms with E-state index in [1.165, 1.54) is 0 Å². The summed E-state index contributed by atoms with van der Waals surface area (Å²) in [6.45, 7) is 9.99. The Morgan fingerprint density at radius 1 is 1.33 bits per heavy atom. The molecule has 0 saturated heterocycles. The Bertz CT molecular complexity index is 723. The fourth-order valence-corrected chi connectivity index (χ4v) is 2.57. The van der Waals surface area contributed by atoms with Crippen LogP contribution in [-0.2, 0) is 4.79 Å². The quantitative estimate of drug-likeness (QED) is 0.831. The number of amides is 1. The number of carbonyl (C=O) groups is 1. The van der Waals surface area contributed by atoms with E-state index < -0.39 is 0 Å². The number of rotatable bonds is 6. The molecule has 0 bridgehead atoms. The summed E-state index contributed by atoms with van der Waals surface area (Å²) >= 11 is 6.19. The van der Waals surface area contributed by atoms with E-state index in [2.05, 4.69) is 24.3 Å². The molecule has 130 valence electrons. The van der Waals surface area contributed by atoms with Gasteiger partial charge in [-0.15, -0.1) is 0 Å². The first-order valence-electron chi connectivity index (χ1n) is 8.05. The van der Waals surface area contributed by atoms with Crippen LogP contribution in [0, 0.1) is 6.92 Å². The third kappa shape index (κ3) is 4.29. The van der Waals surface area contributed by atoms with Crippen molar-refractivity contribution in [3.05, 3.63) is 40.5 Å². The van der Waals surface area contributed by atoms with E-state index in [9.17, 15) is 4.79 Å². The summed E-state index contributed by atoms with van der Waals surface area (Å²) in [5, 5.41) is 7.72. The van der Waals surface area contributed by atoms with Crippen LogP contribution in [0.15, 0.2) is 24.4 Å². The summed E-state index contributed by atoms with van der Waals surface area (Å²) in [5.41, 5.74) is 1.92. The second-order valence-corrected chi connectivity index (χ2v) is 6.79. The highest BCUT2D eigenvalue weighted by atomic mass is 35.5. The highest BCUT2D eigenvalue weighted by Gasteiger charge is 2.14. The molecule has 0 atom stereocenters. The zero-order valence-corrected chi connectivity index (χ0v) is 15.5. The predicted molar refractivity (Wildman–Crippen MR) is 97.0 cm³/mol. The fraction of sp³-hybridized carbons (Fsp3) is 0.444. The van der Waals surface area contributed by atoms with Gasteiger partial charge in [0, 0.05) is 17.1 Å². The molecule has 0 aliphatic carbocycles. The number of aromatic nitrogens is 2. The van der Waals surface area contributed by atoms with Crippen LogP contribution in [0.2, 0.25) is 5.02 Å². The van der Waals surface area contributed by atoms with Crippen LogP contribution in [0.4, 0.5) is 5.82 Å². The monoisotopic (exact) mass is 349 g/mol. The molecule has 0 saturated carbocycles. The minimum atomic E-state index is -0.222.